The fourth-order valence-corrected chi connectivity index (χ4v) is 7.27. The first-order valence-corrected chi connectivity index (χ1v) is 20.4. The summed E-state index contributed by atoms with van der Waals surface area (Å²) in [6.07, 6.45) is -0.899. The second-order valence-electron chi connectivity index (χ2n) is 13.7. The van der Waals surface area contributed by atoms with Gasteiger partial charge in [0.1, 0.15) is 14.1 Å². The molecule has 14 nitrogen and oxygen atoms in total. The molecule has 2 heterocycles. The Morgan fingerprint density at radius 1 is 0.541 bits per heavy atom. The number of nitrogens with two attached hydrogens (primary N) is 2. The van der Waals surface area contributed by atoms with Gasteiger partial charge in [0.05, 0.1) is 34.8 Å². The molecule has 0 atom stereocenters. The van der Waals surface area contributed by atoms with Crippen molar-refractivity contribution in [1.29, 1.82) is 0 Å². The summed E-state index contributed by atoms with van der Waals surface area (Å²) in [7, 11) is -1.05. The van der Waals surface area contributed by atoms with E-state index in [1.807, 2.05) is 97.1 Å². The van der Waals surface area contributed by atoms with Gasteiger partial charge in [-0.2, -0.15) is 9.13 Å². The van der Waals surface area contributed by atoms with Crippen molar-refractivity contribution in [1.82, 2.24) is 0 Å². The van der Waals surface area contributed by atoms with Gasteiger partial charge in [0.25, 0.3) is 0 Å². The van der Waals surface area contributed by atoms with E-state index in [4.69, 9.17) is 38.5 Å². The van der Waals surface area contributed by atoms with Crippen molar-refractivity contribution in [3.05, 3.63) is 133 Å². The summed E-state index contributed by atoms with van der Waals surface area (Å²) < 4.78 is 48.3. The largest absolute Gasteiger partial charge is 0.759 e. The van der Waals surface area contributed by atoms with Crippen molar-refractivity contribution in [2.45, 2.75) is 13.8 Å². The molecule has 0 bridgehead atoms. The minimum atomic E-state index is -5.17. The van der Waals surface area contributed by atoms with Crippen LogP contribution in [0.4, 0.5) is 32.3 Å². The van der Waals surface area contributed by atoms with E-state index in [1.165, 1.54) is 0 Å². The summed E-state index contributed by atoms with van der Waals surface area (Å²) in [6.45, 7) is 4.24. The summed E-state index contributed by atoms with van der Waals surface area (Å²) in [5.74, 6) is 0. The maximum Gasteiger partial charge on any atom is 0.411 e. The highest BCUT2D eigenvalue weighted by atomic mass is 32.3. The van der Waals surface area contributed by atoms with Crippen molar-refractivity contribution >= 4 is 88.7 Å². The molecule has 2 aromatic heterocycles. The van der Waals surface area contributed by atoms with Gasteiger partial charge in [-0.15, -0.1) is 0 Å². The van der Waals surface area contributed by atoms with Gasteiger partial charge in [0.15, 0.2) is 0 Å². The first kappa shape index (κ1) is 43.3. The third-order valence-electron chi connectivity index (χ3n) is 9.74. The number of nitrogens with one attached hydrogen (secondary N) is 2. The van der Waals surface area contributed by atoms with Crippen LogP contribution in [-0.4, -0.2) is 42.9 Å². The van der Waals surface area contributed by atoms with Crippen molar-refractivity contribution in [3.63, 3.8) is 0 Å². The lowest BCUT2D eigenvalue weighted by atomic mass is 9.99. The van der Waals surface area contributed by atoms with E-state index in [0.717, 1.165) is 77.2 Å². The predicted molar refractivity (Wildman–Crippen MR) is 237 cm³/mol. The summed E-state index contributed by atoms with van der Waals surface area (Å²) >= 11 is 0. The maximum absolute atomic E-state index is 11.6. The van der Waals surface area contributed by atoms with Gasteiger partial charge in [0, 0.05) is 67.2 Å². The Kier molecular flexibility index (Phi) is 13.3. The number of benzene rings is 6. The van der Waals surface area contributed by atoms with Crippen molar-refractivity contribution < 1.29 is 45.7 Å². The van der Waals surface area contributed by atoms with Crippen molar-refractivity contribution in [2.24, 2.45) is 14.1 Å². The highest BCUT2D eigenvalue weighted by Crippen LogP contribution is 2.34. The van der Waals surface area contributed by atoms with Crippen LogP contribution in [0.3, 0.4) is 0 Å². The van der Waals surface area contributed by atoms with Crippen molar-refractivity contribution in [2.75, 3.05) is 35.3 Å². The van der Waals surface area contributed by atoms with Gasteiger partial charge >= 0.3 is 12.2 Å². The van der Waals surface area contributed by atoms with E-state index in [-0.39, 0.29) is 0 Å². The first-order chi connectivity index (χ1) is 29.2. The maximum atomic E-state index is 11.6. The molecule has 6 aromatic carbocycles. The Bertz CT molecular complexity index is 2820. The number of ether oxygens (including phenoxy) is 2. The number of aromatic nitrogens is 2. The summed E-state index contributed by atoms with van der Waals surface area (Å²) in [6, 6.07) is 44.2. The number of pyridine rings is 2. The molecule has 0 aliphatic carbocycles. The van der Waals surface area contributed by atoms with E-state index in [9.17, 15) is 9.59 Å². The second kappa shape index (κ2) is 18.7. The topological polar surface area (TPSA) is 217 Å². The molecular weight excluding hydrogens is 797 g/mol. The second-order valence-corrected chi connectivity index (χ2v) is 14.5. The molecule has 61 heavy (non-hydrogen) atoms. The van der Waals surface area contributed by atoms with Gasteiger partial charge in [-0.05, 0) is 98.8 Å². The Morgan fingerprint density at radius 2 is 0.869 bits per heavy atom. The quantitative estimate of drug-likeness (QED) is 0.0417. The van der Waals surface area contributed by atoms with Gasteiger partial charge in [-0.25, -0.2) is 9.59 Å². The molecule has 0 aliphatic rings. The van der Waals surface area contributed by atoms with E-state index in [2.05, 4.69) is 70.3 Å². The summed E-state index contributed by atoms with van der Waals surface area (Å²) in [5.41, 5.74) is 21.5. The Labute approximate surface area is 352 Å². The molecule has 312 valence electrons. The molecular formula is C46H44N6O8S. The lowest BCUT2D eigenvalue weighted by Gasteiger charge is -2.11. The van der Waals surface area contributed by atoms with Crippen LogP contribution < -0.4 is 31.2 Å². The van der Waals surface area contributed by atoms with Gasteiger partial charge in [0.2, 0.25) is 22.4 Å². The van der Waals surface area contributed by atoms with Crippen LogP contribution >= 0.6 is 0 Å². The minimum Gasteiger partial charge on any atom is -0.759 e. The lowest BCUT2D eigenvalue weighted by Crippen LogP contribution is -2.32. The number of fused-ring (bicyclic) bond motifs is 6. The van der Waals surface area contributed by atoms with Gasteiger partial charge in [-0.3, -0.25) is 19.1 Å². The van der Waals surface area contributed by atoms with Crippen LogP contribution in [-0.2, 0) is 34.0 Å². The zero-order chi connectivity index (χ0) is 43.8. The van der Waals surface area contributed by atoms with Crippen LogP contribution in [0.25, 0.3) is 65.9 Å². The number of hydrogen-bond acceptors (Lipinski definition) is 10. The third kappa shape index (κ3) is 10.3. The SMILES string of the molecule is CCOC(=O)Nc1ccc(-c2c3ccccc3c3cc(N)ccc3[n+]2C)cc1.CCOC(=O)Nc1ccc(-c2c3ccccc3c3cc(N)ccc3[n+]2C)cc1.O=S(=O)([O-])[O-]. The standard InChI is InChI=1S/2C23H21N3O2.H2O4S/c2*1-3-28-23(27)25-17-11-8-15(9-12-17)22-19-7-5-4-6-18(19)20-14-16(24)10-13-21(20)26(22)2;1-5(2,3)4/h2*4-14H,3,24H2,1-2H3;(H2,1,2,3,4). The van der Waals surface area contributed by atoms with Crippen LogP contribution in [0.1, 0.15) is 13.8 Å². The molecule has 8 rings (SSSR count). The Balaban J connectivity index is 0.000000184. The van der Waals surface area contributed by atoms with E-state index in [0.29, 0.717) is 24.6 Å². The fraction of sp³-hybridized carbons (Fsp3) is 0.130. The molecule has 2 amide bonds. The number of rotatable bonds is 6. The van der Waals surface area contributed by atoms with Crippen LogP contribution in [0.2, 0.25) is 0 Å². The molecule has 0 spiro atoms. The molecule has 0 unspecified atom stereocenters. The number of anilines is 4. The van der Waals surface area contributed by atoms with Crippen LogP contribution in [0, 0.1) is 0 Å². The average Bonchev–Trinajstić information content (AvgIpc) is 3.22. The molecule has 0 saturated carbocycles. The Hall–Kier alpha value is -7.33. The molecule has 6 N–H and O–H groups in total. The monoisotopic (exact) mass is 840 g/mol. The number of amides is 2. The number of nitrogens with zero attached hydrogens (tertiary/aromatic N) is 2. The number of hydrogen-bond donors (Lipinski definition) is 4. The fourth-order valence-electron chi connectivity index (χ4n) is 7.27. The van der Waals surface area contributed by atoms with E-state index >= 15 is 0 Å². The zero-order valence-electron chi connectivity index (χ0n) is 33.8. The third-order valence-corrected chi connectivity index (χ3v) is 9.74. The number of carbonyl (C=O) groups excluding carboxylic acids is 2. The average molecular weight is 841 g/mol. The minimum absolute atomic E-state index is 0.341. The molecule has 0 aliphatic heterocycles. The van der Waals surface area contributed by atoms with Gasteiger partial charge < -0.3 is 30.0 Å². The summed E-state index contributed by atoms with van der Waals surface area (Å²) in [4.78, 5) is 23.2. The number of nitrogen functional groups attached to an aromatic ring is 2. The molecule has 15 heteroatoms. The molecule has 0 saturated heterocycles. The van der Waals surface area contributed by atoms with Crippen molar-refractivity contribution in [3.8, 4) is 22.5 Å². The number of aryl methyl sites for hydroxylation is 2. The van der Waals surface area contributed by atoms with E-state index < -0.39 is 22.6 Å². The number of carbonyl (C=O) groups is 2. The molecule has 0 fully saturated rings. The predicted octanol–water partition coefficient (Wildman–Crippen LogP) is 7.93. The van der Waals surface area contributed by atoms with Crippen LogP contribution in [0.15, 0.2) is 133 Å². The highest BCUT2D eigenvalue weighted by Gasteiger charge is 2.22. The Morgan fingerprint density at radius 3 is 1.20 bits per heavy atom. The smallest absolute Gasteiger partial charge is 0.411 e. The zero-order valence-corrected chi connectivity index (χ0v) is 34.7. The summed E-state index contributed by atoms with van der Waals surface area (Å²) in [5, 5.41) is 12.3. The van der Waals surface area contributed by atoms with Gasteiger partial charge in [-0.1, -0.05) is 36.4 Å². The van der Waals surface area contributed by atoms with Crippen LogP contribution in [0.5, 0.6) is 0 Å². The molecule has 8 aromatic rings. The normalized spacial score (nSPS) is 11.0. The van der Waals surface area contributed by atoms with E-state index in [1.54, 1.807) is 13.8 Å². The first-order valence-electron chi connectivity index (χ1n) is 19.1. The lowest BCUT2D eigenvalue weighted by molar-refractivity contribution is -0.632. The highest BCUT2D eigenvalue weighted by molar-refractivity contribution is 7.79. The molecule has 0 radical (unpaired) electrons.